The zero-order valence-electron chi connectivity index (χ0n) is 11.3. The van der Waals surface area contributed by atoms with Crippen LogP contribution in [0.4, 0.5) is 0 Å². The Morgan fingerprint density at radius 3 is 2.21 bits per heavy atom. The minimum atomic E-state index is -0.597. The molecule has 0 fully saturated rings. The SMILES string of the molecule is COC(=O)C(Br)C(OC)c1ccc(OC)c(OC)c1. The van der Waals surface area contributed by atoms with Gasteiger partial charge in [-0.1, -0.05) is 22.0 Å². The number of methoxy groups -OCH3 is 4. The van der Waals surface area contributed by atoms with Crippen molar-refractivity contribution in [3.63, 3.8) is 0 Å². The molecule has 0 amide bonds. The summed E-state index contributed by atoms with van der Waals surface area (Å²) in [5, 5.41) is 0. The molecule has 1 aromatic rings. The second-order valence-corrected chi connectivity index (χ2v) is 4.68. The maximum absolute atomic E-state index is 11.6. The number of ether oxygens (including phenoxy) is 4. The molecular formula is C13H17BrO5. The van der Waals surface area contributed by atoms with Gasteiger partial charge in [-0.25, -0.2) is 0 Å². The lowest BCUT2D eigenvalue weighted by atomic mass is 10.1. The zero-order chi connectivity index (χ0) is 14.4. The van der Waals surface area contributed by atoms with E-state index in [0.29, 0.717) is 11.5 Å². The molecule has 0 aromatic heterocycles. The Hall–Kier alpha value is -1.27. The molecule has 0 aliphatic heterocycles. The predicted molar refractivity (Wildman–Crippen MR) is 74.0 cm³/mol. The largest absolute Gasteiger partial charge is 0.493 e. The van der Waals surface area contributed by atoms with Gasteiger partial charge in [-0.3, -0.25) is 4.79 Å². The molecule has 5 nitrogen and oxygen atoms in total. The van der Waals surface area contributed by atoms with Crippen LogP contribution in [0.25, 0.3) is 0 Å². The van der Waals surface area contributed by atoms with Gasteiger partial charge in [-0.05, 0) is 17.7 Å². The molecule has 0 saturated heterocycles. The Kier molecular flexibility index (Phi) is 6.11. The number of benzene rings is 1. The van der Waals surface area contributed by atoms with Crippen molar-refractivity contribution in [1.82, 2.24) is 0 Å². The van der Waals surface area contributed by atoms with Crippen molar-refractivity contribution in [2.24, 2.45) is 0 Å². The lowest BCUT2D eigenvalue weighted by Gasteiger charge is -2.20. The smallest absolute Gasteiger partial charge is 0.322 e. The van der Waals surface area contributed by atoms with Crippen LogP contribution >= 0.6 is 15.9 Å². The molecule has 0 saturated carbocycles. The highest BCUT2D eigenvalue weighted by atomic mass is 79.9. The summed E-state index contributed by atoms with van der Waals surface area (Å²) in [6.45, 7) is 0. The van der Waals surface area contributed by atoms with Gasteiger partial charge >= 0.3 is 5.97 Å². The maximum Gasteiger partial charge on any atom is 0.322 e. The van der Waals surface area contributed by atoms with Gasteiger partial charge in [0, 0.05) is 7.11 Å². The van der Waals surface area contributed by atoms with Crippen molar-refractivity contribution >= 4 is 21.9 Å². The van der Waals surface area contributed by atoms with Crippen molar-refractivity contribution in [3.05, 3.63) is 23.8 Å². The third-order valence-corrected chi connectivity index (χ3v) is 3.54. The fraction of sp³-hybridized carbons (Fsp3) is 0.462. The molecular weight excluding hydrogens is 316 g/mol. The number of alkyl halides is 1. The summed E-state index contributed by atoms with van der Waals surface area (Å²) < 4.78 is 20.4. The molecule has 1 aromatic carbocycles. The predicted octanol–water partition coefficient (Wildman–Crippen LogP) is 2.33. The molecule has 0 radical (unpaired) electrons. The zero-order valence-corrected chi connectivity index (χ0v) is 12.9. The Balaban J connectivity index is 3.08. The molecule has 106 valence electrons. The van der Waals surface area contributed by atoms with E-state index in [4.69, 9.17) is 18.9 Å². The number of hydrogen-bond donors (Lipinski definition) is 0. The highest BCUT2D eigenvalue weighted by Gasteiger charge is 2.28. The topological polar surface area (TPSA) is 54.0 Å². The first-order chi connectivity index (χ1) is 9.08. The molecule has 6 heteroatoms. The van der Waals surface area contributed by atoms with Gasteiger partial charge in [0.2, 0.25) is 0 Å². The summed E-state index contributed by atoms with van der Waals surface area (Å²) in [5.41, 5.74) is 0.785. The van der Waals surface area contributed by atoms with Gasteiger partial charge in [0.05, 0.1) is 21.3 Å². The number of hydrogen-bond acceptors (Lipinski definition) is 5. The molecule has 0 bridgehead atoms. The van der Waals surface area contributed by atoms with E-state index in [2.05, 4.69) is 15.9 Å². The van der Waals surface area contributed by atoms with Gasteiger partial charge in [0.25, 0.3) is 0 Å². The molecule has 19 heavy (non-hydrogen) atoms. The number of esters is 1. The average molecular weight is 333 g/mol. The fourth-order valence-electron chi connectivity index (χ4n) is 1.69. The van der Waals surface area contributed by atoms with Crippen molar-refractivity contribution in [2.45, 2.75) is 10.9 Å². The van der Waals surface area contributed by atoms with Crippen molar-refractivity contribution in [2.75, 3.05) is 28.4 Å². The van der Waals surface area contributed by atoms with Crippen LogP contribution < -0.4 is 9.47 Å². The molecule has 0 aliphatic rings. The number of halogens is 1. The van der Waals surface area contributed by atoms with Crippen molar-refractivity contribution in [1.29, 1.82) is 0 Å². The van der Waals surface area contributed by atoms with Gasteiger partial charge in [0.15, 0.2) is 11.5 Å². The standard InChI is InChI=1S/C13H17BrO5/c1-16-9-6-5-8(7-10(9)17-2)12(18-3)11(14)13(15)19-4/h5-7,11-12H,1-4H3. The van der Waals surface area contributed by atoms with Crippen LogP contribution in [0.5, 0.6) is 11.5 Å². The van der Waals surface area contributed by atoms with E-state index >= 15 is 0 Å². The van der Waals surface area contributed by atoms with E-state index in [9.17, 15) is 4.79 Å². The van der Waals surface area contributed by atoms with E-state index in [-0.39, 0.29) is 0 Å². The molecule has 2 atom stereocenters. The summed E-state index contributed by atoms with van der Waals surface area (Å²) in [4.78, 5) is 11.0. The van der Waals surface area contributed by atoms with Crippen molar-refractivity contribution < 1.29 is 23.7 Å². The van der Waals surface area contributed by atoms with Crippen LogP contribution in [-0.2, 0) is 14.3 Å². The fourth-order valence-corrected chi connectivity index (χ4v) is 2.40. The molecule has 0 N–H and O–H groups in total. The summed E-state index contributed by atoms with van der Waals surface area (Å²) in [5.74, 6) is 0.790. The average Bonchev–Trinajstić information content (AvgIpc) is 2.46. The number of carbonyl (C=O) groups excluding carboxylic acids is 1. The highest BCUT2D eigenvalue weighted by molar-refractivity contribution is 9.10. The summed E-state index contributed by atoms with van der Waals surface area (Å²) in [7, 11) is 5.97. The normalized spacial score (nSPS) is 13.5. The Labute approximate surface area is 120 Å². The summed E-state index contributed by atoms with van der Waals surface area (Å²) in [6.07, 6.45) is -0.479. The molecule has 0 aliphatic carbocycles. The van der Waals surface area contributed by atoms with Crippen LogP contribution in [0.2, 0.25) is 0 Å². The Morgan fingerprint density at radius 2 is 1.74 bits per heavy atom. The van der Waals surface area contributed by atoms with Crippen LogP contribution in [0.1, 0.15) is 11.7 Å². The van der Waals surface area contributed by atoms with E-state index in [1.165, 1.54) is 14.2 Å². The quantitative estimate of drug-likeness (QED) is 0.591. The van der Waals surface area contributed by atoms with Crippen LogP contribution in [0, 0.1) is 0 Å². The lowest BCUT2D eigenvalue weighted by molar-refractivity contribution is -0.142. The summed E-state index contributed by atoms with van der Waals surface area (Å²) in [6, 6.07) is 5.34. The van der Waals surface area contributed by atoms with Crippen LogP contribution in [0.15, 0.2) is 18.2 Å². The van der Waals surface area contributed by atoms with Gasteiger partial charge in [-0.15, -0.1) is 0 Å². The van der Waals surface area contributed by atoms with Gasteiger partial charge in [-0.2, -0.15) is 0 Å². The Morgan fingerprint density at radius 1 is 1.11 bits per heavy atom. The lowest BCUT2D eigenvalue weighted by Crippen LogP contribution is -2.25. The van der Waals surface area contributed by atoms with E-state index < -0.39 is 16.9 Å². The first kappa shape index (κ1) is 15.8. The maximum atomic E-state index is 11.6. The van der Waals surface area contributed by atoms with E-state index in [1.807, 2.05) is 6.07 Å². The van der Waals surface area contributed by atoms with Crippen molar-refractivity contribution in [3.8, 4) is 11.5 Å². The molecule has 0 heterocycles. The second-order valence-electron chi connectivity index (χ2n) is 3.70. The second kappa shape index (κ2) is 7.35. The highest BCUT2D eigenvalue weighted by Crippen LogP contribution is 2.34. The number of carbonyl (C=O) groups is 1. The first-order valence-corrected chi connectivity index (χ1v) is 6.47. The molecule has 0 spiro atoms. The van der Waals surface area contributed by atoms with Gasteiger partial charge < -0.3 is 18.9 Å². The van der Waals surface area contributed by atoms with Crippen LogP contribution in [-0.4, -0.2) is 39.2 Å². The van der Waals surface area contributed by atoms with E-state index in [1.54, 1.807) is 26.4 Å². The minimum absolute atomic E-state index is 0.401. The Bertz CT molecular complexity index is 435. The molecule has 1 rings (SSSR count). The minimum Gasteiger partial charge on any atom is -0.493 e. The third-order valence-electron chi connectivity index (χ3n) is 2.68. The molecule has 2 unspecified atom stereocenters. The first-order valence-electron chi connectivity index (χ1n) is 5.55. The van der Waals surface area contributed by atoms with Gasteiger partial charge in [0.1, 0.15) is 10.9 Å². The third kappa shape index (κ3) is 3.61. The van der Waals surface area contributed by atoms with E-state index in [0.717, 1.165) is 5.56 Å². The summed E-state index contributed by atoms with van der Waals surface area (Å²) >= 11 is 3.28. The van der Waals surface area contributed by atoms with Crippen LogP contribution in [0.3, 0.4) is 0 Å². The number of rotatable bonds is 6. The monoisotopic (exact) mass is 332 g/mol.